The SMILES string of the molecule is C=C(C)C(C(=O)OC(c1ccccc1)c1ccccc1)N1C(=O)C(NC(C)=O)(c2ccccc2)C1SS(=O)(=O)c1ccc(C)cc1. The van der Waals surface area contributed by atoms with Crippen molar-refractivity contribution >= 4 is 37.4 Å². The lowest BCUT2D eigenvalue weighted by molar-refractivity contribution is -0.172. The molecule has 10 heteroatoms. The number of hydrogen-bond acceptors (Lipinski definition) is 7. The van der Waals surface area contributed by atoms with E-state index < -0.39 is 49.7 Å². The van der Waals surface area contributed by atoms with Crippen LogP contribution < -0.4 is 5.32 Å². The molecule has 3 atom stereocenters. The van der Waals surface area contributed by atoms with E-state index in [0.29, 0.717) is 27.5 Å². The van der Waals surface area contributed by atoms with E-state index in [4.69, 9.17) is 4.74 Å². The zero-order valence-electron chi connectivity index (χ0n) is 25.6. The average Bonchev–Trinajstić information content (AvgIpc) is 3.05. The number of nitrogens with zero attached hydrogens (tertiary/aromatic N) is 1. The van der Waals surface area contributed by atoms with Crippen LogP contribution in [0.4, 0.5) is 0 Å². The molecule has 0 aliphatic carbocycles. The number of rotatable bonds is 11. The second-order valence-corrected chi connectivity index (χ2v) is 15.1. The Kier molecular flexibility index (Phi) is 9.50. The Balaban J connectivity index is 1.60. The molecule has 2 amide bonds. The maximum absolute atomic E-state index is 14.4. The number of esters is 1. The van der Waals surface area contributed by atoms with Gasteiger partial charge in [-0.2, -0.15) is 0 Å². The minimum atomic E-state index is -4.11. The van der Waals surface area contributed by atoms with E-state index in [1.54, 1.807) is 49.4 Å². The van der Waals surface area contributed by atoms with Crippen LogP contribution in [-0.2, 0) is 33.5 Å². The summed E-state index contributed by atoms with van der Waals surface area (Å²) in [6.07, 6.45) is -0.815. The van der Waals surface area contributed by atoms with Gasteiger partial charge in [0.2, 0.25) is 14.8 Å². The van der Waals surface area contributed by atoms with Gasteiger partial charge in [0.1, 0.15) is 5.37 Å². The van der Waals surface area contributed by atoms with Crippen LogP contribution >= 0.6 is 10.8 Å². The third-order valence-electron chi connectivity index (χ3n) is 7.73. The van der Waals surface area contributed by atoms with E-state index in [2.05, 4.69) is 11.9 Å². The van der Waals surface area contributed by atoms with E-state index in [1.807, 2.05) is 67.6 Å². The van der Waals surface area contributed by atoms with Crippen molar-refractivity contribution in [2.45, 2.75) is 48.7 Å². The van der Waals surface area contributed by atoms with E-state index in [-0.39, 0.29) is 10.5 Å². The minimum absolute atomic E-state index is 0.0230. The standard InChI is InChI=1S/C36H34N2O6S2/c1-24(2)31(33(40)44-32(27-14-8-5-9-15-27)28-16-10-6-11-17-28)38-34(41)36(37-26(4)39,29-18-12-7-13-19-29)35(38)45-46(42,43)30-22-20-25(3)21-23-30/h5-23,31-32,35H,1H2,2-4H3,(H,37,39). The lowest BCUT2D eigenvalue weighted by Gasteiger charge is -2.57. The summed E-state index contributed by atoms with van der Waals surface area (Å²) in [5, 5.41) is 1.49. The largest absolute Gasteiger partial charge is 0.451 e. The summed E-state index contributed by atoms with van der Waals surface area (Å²) in [6, 6.07) is 31.8. The molecule has 1 aliphatic rings. The molecule has 4 aromatic carbocycles. The summed E-state index contributed by atoms with van der Waals surface area (Å²) in [5.74, 6) is -1.99. The van der Waals surface area contributed by atoms with Crippen molar-refractivity contribution < 1.29 is 27.5 Å². The second kappa shape index (κ2) is 13.4. The summed E-state index contributed by atoms with van der Waals surface area (Å²) >= 11 is 0. The maximum Gasteiger partial charge on any atom is 0.334 e. The van der Waals surface area contributed by atoms with Gasteiger partial charge in [0, 0.05) is 17.7 Å². The van der Waals surface area contributed by atoms with E-state index >= 15 is 0 Å². The Morgan fingerprint density at radius 3 is 1.83 bits per heavy atom. The normalized spacial score (nSPS) is 18.4. The smallest absolute Gasteiger partial charge is 0.334 e. The van der Waals surface area contributed by atoms with Gasteiger partial charge in [-0.25, -0.2) is 13.2 Å². The van der Waals surface area contributed by atoms with Gasteiger partial charge in [-0.05, 0) is 48.2 Å². The van der Waals surface area contributed by atoms with Crippen molar-refractivity contribution in [3.05, 3.63) is 150 Å². The molecule has 236 valence electrons. The van der Waals surface area contributed by atoms with E-state index in [9.17, 15) is 22.8 Å². The highest BCUT2D eigenvalue weighted by Gasteiger charge is 2.67. The van der Waals surface area contributed by atoms with Crippen LogP contribution in [-0.4, -0.2) is 42.5 Å². The highest BCUT2D eigenvalue weighted by molar-refractivity contribution is 8.72. The Labute approximate surface area is 272 Å². The van der Waals surface area contributed by atoms with Crippen molar-refractivity contribution in [1.82, 2.24) is 10.2 Å². The number of aryl methyl sites for hydroxylation is 1. The molecule has 8 nitrogen and oxygen atoms in total. The number of likely N-dealkylation sites (tertiary alicyclic amines) is 1. The number of carbonyl (C=O) groups is 3. The topological polar surface area (TPSA) is 110 Å². The fourth-order valence-corrected chi connectivity index (χ4v) is 9.23. The van der Waals surface area contributed by atoms with Crippen LogP contribution in [0.25, 0.3) is 0 Å². The molecule has 1 fully saturated rings. The third kappa shape index (κ3) is 6.36. The van der Waals surface area contributed by atoms with Gasteiger partial charge in [-0.1, -0.05) is 115 Å². The number of nitrogens with one attached hydrogen (secondary N) is 1. The molecule has 0 saturated carbocycles. The summed E-state index contributed by atoms with van der Waals surface area (Å²) in [4.78, 5) is 42.4. The van der Waals surface area contributed by atoms with Gasteiger partial charge < -0.3 is 15.0 Å². The Morgan fingerprint density at radius 2 is 1.35 bits per heavy atom. The van der Waals surface area contributed by atoms with Gasteiger partial charge in [0.25, 0.3) is 5.91 Å². The lowest BCUT2D eigenvalue weighted by atomic mass is 9.78. The molecule has 5 rings (SSSR count). The number of carbonyl (C=O) groups excluding carboxylic acids is 3. The molecule has 0 aromatic heterocycles. The summed E-state index contributed by atoms with van der Waals surface area (Å²) < 4.78 is 33.9. The van der Waals surface area contributed by atoms with Gasteiger partial charge in [0.15, 0.2) is 17.7 Å². The van der Waals surface area contributed by atoms with E-state index in [0.717, 1.165) is 10.5 Å². The molecule has 1 aliphatic heterocycles. The Morgan fingerprint density at radius 1 is 0.848 bits per heavy atom. The predicted molar refractivity (Wildman–Crippen MR) is 178 cm³/mol. The highest BCUT2D eigenvalue weighted by atomic mass is 33.1. The molecule has 4 aromatic rings. The van der Waals surface area contributed by atoms with Crippen molar-refractivity contribution in [3.63, 3.8) is 0 Å². The highest BCUT2D eigenvalue weighted by Crippen LogP contribution is 2.50. The molecule has 0 radical (unpaired) electrons. The molecular weight excluding hydrogens is 621 g/mol. The van der Waals surface area contributed by atoms with Gasteiger partial charge >= 0.3 is 5.97 Å². The fraction of sp³-hybridized carbons (Fsp3) is 0.194. The van der Waals surface area contributed by atoms with Crippen LogP contribution in [0.2, 0.25) is 0 Å². The number of β-lactam (4-membered cyclic amide) rings is 1. The molecule has 1 N–H and O–H groups in total. The number of hydrogen-bond donors (Lipinski definition) is 1. The summed E-state index contributed by atoms with van der Waals surface area (Å²) in [6.45, 7) is 8.68. The lowest BCUT2D eigenvalue weighted by Crippen LogP contribution is -2.79. The summed E-state index contributed by atoms with van der Waals surface area (Å²) in [7, 11) is -3.62. The Bertz CT molecular complexity index is 1810. The quantitative estimate of drug-likeness (QED) is 0.0929. The van der Waals surface area contributed by atoms with Crippen LogP contribution in [0.1, 0.15) is 42.2 Å². The van der Waals surface area contributed by atoms with Crippen LogP contribution in [0.3, 0.4) is 0 Å². The van der Waals surface area contributed by atoms with Gasteiger partial charge in [-0.15, -0.1) is 0 Å². The first-order chi connectivity index (χ1) is 22.0. The molecule has 1 heterocycles. The first-order valence-corrected chi connectivity index (χ1v) is 17.5. The predicted octanol–water partition coefficient (Wildman–Crippen LogP) is 5.89. The van der Waals surface area contributed by atoms with Crippen LogP contribution in [0.15, 0.2) is 132 Å². The average molecular weight is 655 g/mol. The Hall–Kier alpha value is -4.67. The number of benzene rings is 4. The second-order valence-electron chi connectivity index (χ2n) is 11.2. The van der Waals surface area contributed by atoms with E-state index in [1.165, 1.54) is 19.1 Å². The third-order valence-corrected chi connectivity index (χ3v) is 11.5. The van der Waals surface area contributed by atoms with Crippen LogP contribution in [0.5, 0.6) is 0 Å². The first-order valence-electron chi connectivity index (χ1n) is 14.6. The first kappa shape index (κ1) is 32.7. The molecular formula is C36H34N2O6S2. The van der Waals surface area contributed by atoms with Crippen molar-refractivity contribution in [1.29, 1.82) is 0 Å². The zero-order valence-corrected chi connectivity index (χ0v) is 27.3. The van der Waals surface area contributed by atoms with Crippen molar-refractivity contribution in [2.75, 3.05) is 0 Å². The van der Waals surface area contributed by atoms with Crippen molar-refractivity contribution in [2.24, 2.45) is 0 Å². The summed E-state index contributed by atoms with van der Waals surface area (Å²) in [5.41, 5.74) is 1.15. The maximum atomic E-state index is 14.4. The number of amides is 2. The van der Waals surface area contributed by atoms with Gasteiger partial charge in [-0.3, -0.25) is 9.59 Å². The fourth-order valence-electron chi connectivity index (χ4n) is 5.56. The van der Waals surface area contributed by atoms with Crippen molar-refractivity contribution in [3.8, 4) is 0 Å². The van der Waals surface area contributed by atoms with Gasteiger partial charge in [0.05, 0.1) is 4.90 Å². The monoisotopic (exact) mass is 654 g/mol. The molecule has 46 heavy (non-hydrogen) atoms. The molecule has 0 spiro atoms. The minimum Gasteiger partial charge on any atom is -0.451 e. The molecule has 1 saturated heterocycles. The van der Waals surface area contributed by atoms with Crippen LogP contribution in [0, 0.1) is 6.92 Å². The zero-order chi connectivity index (χ0) is 33.1. The molecule has 0 bridgehead atoms. The molecule has 3 unspecified atom stereocenters. The number of ether oxygens (including phenoxy) is 1.